The standard InChI is InChI=1S/C17H32N2/c1-16(2,3)15(11-18)19(4)17-8-12-5-13(9-17)7-14(6-12)10-17/h12-15H,5-11,18H2,1-4H3. The molecular weight excluding hydrogens is 232 g/mol. The minimum absolute atomic E-state index is 0.285. The van der Waals surface area contributed by atoms with E-state index >= 15 is 0 Å². The van der Waals surface area contributed by atoms with Crippen LogP contribution in [-0.2, 0) is 0 Å². The molecule has 1 atom stereocenters. The van der Waals surface area contributed by atoms with Gasteiger partial charge in [0, 0.05) is 18.1 Å². The highest BCUT2D eigenvalue weighted by Gasteiger charge is 2.54. The Morgan fingerprint density at radius 2 is 1.47 bits per heavy atom. The zero-order chi connectivity index (χ0) is 13.8. The van der Waals surface area contributed by atoms with Gasteiger partial charge in [0.05, 0.1) is 0 Å². The van der Waals surface area contributed by atoms with Gasteiger partial charge in [-0.05, 0) is 68.7 Å². The van der Waals surface area contributed by atoms with Crippen molar-refractivity contribution in [3.8, 4) is 0 Å². The van der Waals surface area contributed by atoms with Crippen LogP contribution in [0.1, 0.15) is 59.3 Å². The predicted octanol–water partition coefficient (Wildman–Crippen LogP) is 3.26. The van der Waals surface area contributed by atoms with Crippen molar-refractivity contribution in [2.24, 2.45) is 28.9 Å². The molecule has 4 rings (SSSR count). The molecule has 2 N–H and O–H groups in total. The van der Waals surface area contributed by atoms with Crippen LogP contribution >= 0.6 is 0 Å². The third kappa shape index (κ3) is 2.25. The maximum Gasteiger partial charge on any atom is 0.0269 e. The fourth-order valence-electron chi connectivity index (χ4n) is 5.92. The maximum atomic E-state index is 6.14. The van der Waals surface area contributed by atoms with E-state index in [0.29, 0.717) is 11.6 Å². The Hall–Kier alpha value is -0.0800. The highest BCUT2D eigenvalue weighted by molar-refractivity contribution is 5.08. The summed E-state index contributed by atoms with van der Waals surface area (Å²) in [7, 11) is 2.37. The number of nitrogens with two attached hydrogens (primary N) is 1. The molecule has 0 spiro atoms. The SMILES string of the molecule is CN(C(CN)C(C)(C)C)C12CC3CC(CC(C3)C1)C2. The van der Waals surface area contributed by atoms with E-state index in [1.807, 2.05) is 0 Å². The molecule has 2 heteroatoms. The van der Waals surface area contributed by atoms with Crippen molar-refractivity contribution in [3.63, 3.8) is 0 Å². The predicted molar refractivity (Wildman–Crippen MR) is 81.0 cm³/mol. The minimum Gasteiger partial charge on any atom is -0.329 e. The largest absolute Gasteiger partial charge is 0.329 e. The van der Waals surface area contributed by atoms with Crippen molar-refractivity contribution in [2.45, 2.75) is 70.9 Å². The summed E-state index contributed by atoms with van der Waals surface area (Å²) in [4.78, 5) is 2.72. The van der Waals surface area contributed by atoms with Crippen LogP contribution in [0.4, 0.5) is 0 Å². The Balaban J connectivity index is 1.84. The molecular formula is C17H32N2. The van der Waals surface area contributed by atoms with Crippen molar-refractivity contribution in [1.29, 1.82) is 0 Å². The number of hydrogen-bond acceptors (Lipinski definition) is 2. The van der Waals surface area contributed by atoms with Crippen LogP contribution in [0, 0.1) is 23.2 Å². The summed E-state index contributed by atoms with van der Waals surface area (Å²) in [6.07, 6.45) is 8.91. The molecule has 0 heterocycles. The maximum absolute atomic E-state index is 6.14. The van der Waals surface area contributed by atoms with Crippen LogP contribution < -0.4 is 5.73 Å². The van der Waals surface area contributed by atoms with Crippen molar-refractivity contribution in [1.82, 2.24) is 4.90 Å². The summed E-state index contributed by atoms with van der Waals surface area (Å²) < 4.78 is 0. The molecule has 0 saturated heterocycles. The lowest BCUT2D eigenvalue weighted by atomic mass is 9.52. The highest BCUT2D eigenvalue weighted by atomic mass is 15.2. The minimum atomic E-state index is 0.285. The van der Waals surface area contributed by atoms with E-state index in [1.165, 1.54) is 38.5 Å². The van der Waals surface area contributed by atoms with Crippen molar-refractivity contribution in [2.75, 3.05) is 13.6 Å². The fraction of sp³-hybridized carbons (Fsp3) is 1.00. The molecule has 0 amide bonds. The van der Waals surface area contributed by atoms with Gasteiger partial charge in [0.2, 0.25) is 0 Å². The third-order valence-corrected chi connectivity index (χ3v) is 6.44. The molecule has 4 aliphatic rings. The molecule has 0 aromatic carbocycles. The Bertz CT molecular complexity index is 306. The van der Waals surface area contributed by atoms with Gasteiger partial charge in [0.1, 0.15) is 0 Å². The van der Waals surface area contributed by atoms with E-state index in [2.05, 4.69) is 32.7 Å². The van der Waals surface area contributed by atoms with Crippen molar-refractivity contribution >= 4 is 0 Å². The molecule has 4 aliphatic carbocycles. The summed E-state index contributed by atoms with van der Waals surface area (Å²) in [6.45, 7) is 7.84. The van der Waals surface area contributed by atoms with Crippen LogP contribution in [0.3, 0.4) is 0 Å². The smallest absolute Gasteiger partial charge is 0.0269 e. The second-order valence-electron chi connectivity index (χ2n) is 8.87. The molecule has 4 saturated carbocycles. The van der Waals surface area contributed by atoms with Crippen LogP contribution in [-0.4, -0.2) is 30.1 Å². The van der Waals surface area contributed by atoms with Gasteiger partial charge in [-0.3, -0.25) is 4.90 Å². The molecule has 0 radical (unpaired) electrons. The van der Waals surface area contributed by atoms with Gasteiger partial charge in [0.15, 0.2) is 0 Å². The molecule has 4 bridgehead atoms. The first-order valence-corrected chi connectivity index (χ1v) is 8.27. The molecule has 0 aliphatic heterocycles. The van der Waals surface area contributed by atoms with E-state index in [1.54, 1.807) is 0 Å². The van der Waals surface area contributed by atoms with Gasteiger partial charge in [-0.1, -0.05) is 20.8 Å². The van der Waals surface area contributed by atoms with E-state index in [0.717, 1.165) is 24.3 Å². The molecule has 1 unspecified atom stereocenters. The van der Waals surface area contributed by atoms with Crippen LogP contribution in [0.5, 0.6) is 0 Å². The molecule has 110 valence electrons. The van der Waals surface area contributed by atoms with E-state index in [-0.39, 0.29) is 5.41 Å². The number of nitrogens with zero attached hydrogens (tertiary/aromatic N) is 1. The van der Waals surface area contributed by atoms with Crippen molar-refractivity contribution in [3.05, 3.63) is 0 Å². The second kappa shape index (κ2) is 4.46. The van der Waals surface area contributed by atoms with E-state index < -0.39 is 0 Å². The molecule has 2 nitrogen and oxygen atoms in total. The average molecular weight is 264 g/mol. The molecule has 0 aromatic heterocycles. The van der Waals surface area contributed by atoms with Crippen LogP contribution in [0.25, 0.3) is 0 Å². The van der Waals surface area contributed by atoms with Crippen LogP contribution in [0.2, 0.25) is 0 Å². The van der Waals surface area contributed by atoms with Gasteiger partial charge in [-0.15, -0.1) is 0 Å². The lowest BCUT2D eigenvalue weighted by Gasteiger charge is -2.62. The first kappa shape index (κ1) is 13.9. The molecule has 19 heavy (non-hydrogen) atoms. The molecule has 0 aromatic rings. The Morgan fingerprint density at radius 1 is 1.05 bits per heavy atom. The Morgan fingerprint density at radius 3 is 1.79 bits per heavy atom. The zero-order valence-corrected chi connectivity index (χ0v) is 13.3. The summed E-state index contributed by atoms with van der Waals surface area (Å²) in [5.41, 5.74) is 6.91. The average Bonchev–Trinajstić information content (AvgIpc) is 2.25. The van der Waals surface area contributed by atoms with Gasteiger partial charge in [-0.25, -0.2) is 0 Å². The summed E-state index contributed by atoms with van der Waals surface area (Å²) in [5.74, 6) is 3.06. The Kier molecular flexibility index (Phi) is 3.26. The lowest BCUT2D eigenvalue weighted by Crippen LogP contribution is -2.64. The monoisotopic (exact) mass is 264 g/mol. The van der Waals surface area contributed by atoms with Crippen LogP contribution in [0.15, 0.2) is 0 Å². The van der Waals surface area contributed by atoms with Gasteiger partial charge < -0.3 is 5.73 Å². The zero-order valence-electron chi connectivity index (χ0n) is 13.3. The van der Waals surface area contributed by atoms with E-state index in [4.69, 9.17) is 5.73 Å². The van der Waals surface area contributed by atoms with Crippen molar-refractivity contribution < 1.29 is 0 Å². The Labute approximate surface area is 119 Å². The topological polar surface area (TPSA) is 29.3 Å². The number of hydrogen-bond donors (Lipinski definition) is 1. The quantitative estimate of drug-likeness (QED) is 0.848. The second-order valence-corrected chi connectivity index (χ2v) is 8.87. The van der Waals surface area contributed by atoms with E-state index in [9.17, 15) is 0 Å². The number of rotatable bonds is 3. The van der Waals surface area contributed by atoms with Gasteiger partial charge >= 0.3 is 0 Å². The summed E-state index contributed by atoms with van der Waals surface area (Å²) >= 11 is 0. The normalized spacial score (nSPS) is 42.9. The summed E-state index contributed by atoms with van der Waals surface area (Å²) in [6, 6.07) is 0.517. The van der Waals surface area contributed by atoms with Gasteiger partial charge in [0.25, 0.3) is 0 Å². The fourth-order valence-corrected chi connectivity index (χ4v) is 5.92. The highest BCUT2D eigenvalue weighted by Crippen LogP contribution is 2.58. The lowest BCUT2D eigenvalue weighted by molar-refractivity contribution is -0.106. The first-order chi connectivity index (χ1) is 8.84. The third-order valence-electron chi connectivity index (χ3n) is 6.44. The number of likely N-dealkylation sites (N-methyl/N-ethyl adjacent to an activating group) is 1. The van der Waals surface area contributed by atoms with Gasteiger partial charge in [-0.2, -0.15) is 0 Å². The summed E-state index contributed by atoms with van der Waals surface area (Å²) in [5, 5.41) is 0. The first-order valence-electron chi connectivity index (χ1n) is 8.27. The molecule has 4 fully saturated rings.